The van der Waals surface area contributed by atoms with Gasteiger partial charge >= 0.3 is 0 Å². The van der Waals surface area contributed by atoms with E-state index in [4.69, 9.17) is 0 Å². The molecule has 0 bridgehead atoms. The molecule has 0 saturated heterocycles. The van der Waals surface area contributed by atoms with Crippen LogP contribution in [0.4, 0.5) is 0 Å². The van der Waals surface area contributed by atoms with Gasteiger partial charge in [0.15, 0.2) is 0 Å². The van der Waals surface area contributed by atoms with E-state index in [0.717, 1.165) is 18.5 Å². The first-order valence-electron chi connectivity index (χ1n) is 4.41. The molecule has 0 saturated carbocycles. The van der Waals surface area contributed by atoms with Crippen molar-refractivity contribution in [1.82, 2.24) is 4.98 Å². The van der Waals surface area contributed by atoms with Crippen molar-refractivity contribution in [3.63, 3.8) is 0 Å². The minimum Gasteiger partial charge on any atom is -0.393 e. The van der Waals surface area contributed by atoms with E-state index in [1.807, 2.05) is 18.2 Å². The molecule has 0 radical (unpaired) electrons. The summed E-state index contributed by atoms with van der Waals surface area (Å²) >= 11 is 0. The van der Waals surface area contributed by atoms with Crippen LogP contribution >= 0.6 is 0 Å². The Morgan fingerprint density at radius 3 is 2.92 bits per heavy atom. The average Bonchev–Trinajstić information content (AvgIpc) is 2.06. The molecule has 0 fully saturated rings. The molecule has 1 heterocycles. The van der Waals surface area contributed by atoms with Crippen LogP contribution in [-0.2, 0) is 6.42 Å². The zero-order valence-electron chi connectivity index (χ0n) is 7.40. The molecule has 0 aromatic carbocycles. The summed E-state index contributed by atoms with van der Waals surface area (Å²) in [5.74, 6) is 0. The summed E-state index contributed by atoms with van der Waals surface area (Å²) in [6.07, 6.45) is 4.08. The first-order chi connectivity index (χ1) is 5.83. The maximum absolute atomic E-state index is 9.46. The SMILES string of the molecule is CCCC(O)Cc1ccccn1. The lowest BCUT2D eigenvalue weighted by Gasteiger charge is -2.07. The molecule has 0 aliphatic heterocycles. The van der Waals surface area contributed by atoms with E-state index in [-0.39, 0.29) is 6.10 Å². The normalized spacial score (nSPS) is 12.8. The van der Waals surface area contributed by atoms with Crippen molar-refractivity contribution in [2.75, 3.05) is 0 Å². The van der Waals surface area contributed by atoms with E-state index in [9.17, 15) is 5.11 Å². The summed E-state index contributed by atoms with van der Waals surface area (Å²) in [5.41, 5.74) is 0.971. The lowest BCUT2D eigenvalue weighted by molar-refractivity contribution is 0.163. The van der Waals surface area contributed by atoms with Gasteiger partial charge in [-0.25, -0.2) is 0 Å². The molecule has 2 heteroatoms. The number of pyridine rings is 1. The number of nitrogens with zero attached hydrogens (tertiary/aromatic N) is 1. The summed E-state index contributed by atoms with van der Waals surface area (Å²) in [6.45, 7) is 2.07. The lowest BCUT2D eigenvalue weighted by atomic mass is 10.1. The third-order valence-electron chi connectivity index (χ3n) is 1.79. The van der Waals surface area contributed by atoms with Crippen LogP contribution in [0.15, 0.2) is 24.4 Å². The second-order valence-corrected chi connectivity index (χ2v) is 2.97. The van der Waals surface area contributed by atoms with Gasteiger partial charge in [0, 0.05) is 18.3 Å². The number of aliphatic hydroxyl groups is 1. The van der Waals surface area contributed by atoms with Crippen LogP contribution in [0.5, 0.6) is 0 Å². The molecule has 1 unspecified atom stereocenters. The van der Waals surface area contributed by atoms with Crippen LogP contribution < -0.4 is 0 Å². The number of rotatable bonds is 4. The van der Waals surface area contributed by atoms with E-state index < -0.39 is 0 Å². The molecule has 66 valence electrons. The van der Waals surface area contributed by atoms with Gasteiger partial charge in [-0.3, -0.25) is 4.98 Å². The Bertz CT molecular complexity index is 210. The fourth-order valence-electron chi connectivity index (χ4n) is 1.20. The predicted octanol–water partition coefficient (Wildman–Crippen LogP) is 1.79. The zero-order chi connectivity index (χ0) is 8.81. The molecular formula is C10H15NO. The van der Waals surface area contributed by atoms with Crippen LogP contribution in [0.2, 0.25) is 0 Å². The van der Waals surface area contributed by atoms with Gasteiger partial charge < -0.3 is 5.11 Å². The van der Waals surface area contributed by atoms with E-state index in [0.29, 0.717) is 6.42 Å². The Morgan fingerprint density at radius 1 is 1.50 bits per heavy atom. The summed E-state index contributed by atoms with van der Waals surface area (Å²) in [5, 5.41) is 9.46. The van der Waals surface area contributed by atoms with Crippen molar-refractivity contribution >= 4 is 0 Å². The quantitative estimate of drug-likeness (QED) is 0.737. The topological polar surface area (TPSA) is 33.1 Å². The maximum atomic E-state index is 9.46. The largest absolute Gasteiger partial charge is 0.393 e. The van der Waals surface area contributed by atoms with Crippen molar-refractivity contribution < 1.29 is 5.11 Å². The molecule has 1 aromatic heterocycles. The smallest absolute Gasteiger partial charge is 0.0595 e. The van der Waals surface area contributed by atoms with Crippen LogP contribution in [-0.4, -0.2) is 16.2 Å². The summed E-state index contributed by atoms with van der Waals surface area (Å²) in [4.78, 5) is 4.14. The van der Waals surface area contributed by atoms with Crippen molar-refractivity contribution in [3.05, 3.63) is 30.1 Å². The van der Waals surface area contributed by atoms with Gasteiger partial charge in [-0.2, -0.15) is 0 Å². The molecule has 0 amide bonds. The Morgan fingerprint density at radius 2 is 2.33 bits per heavy atom. The fraction of sp³-hybridized carbons (Fsp3) is 0.500. The van der Waals surface area contributed by atoms with Gasteiger partial charge in [0.25, 0.3) is 0 Å². The third kappa shape index (κ3) is 3.01. The van der Waals surface area contributed by atoms with Gasteiger partial charge in [0.05, 0.1) is 6.10 Å². The van der Waals surface area contributed by atoms with Crippen LogP contribution in [0.1, 0.15) is 25.5 Å². The van der Waals surface area contributed by atoms with Gasteiger partial charge in [0.1, 0.15) is 0 Å². The maximum Gasteiger partial charge on any atom is 0.0595 e. The molecule has 0 aliphatic rings. The Kier molecular flexibility index (Phi) is 3.74. The molecule has 1 N–H and O–H groups in total. The van der Waals surface area contributed by atoms with E-state index in [2.05, 4.69) is 11.9 Å². The minimum absolute atomic E-state index is 0.232. The highest BCUT2D eigenvalue weighted by molar-refractivity contribution is 5.04. The van der Waals surface area contributed by atoms with Crippen molar-refractivity contribution in [2.45, 2.75) is 32.3 Å². The zero-order valence-corrected chi connectivity index (χ0v) is 7.40. The Balaban J connectivity index is 2.41. The van der Waals surface area contributed by atoms with E-state index in [1.165, 1.54) is 0 Å². The van der Waals surface area contributed by atoms with Crippen molar-refractivity contribution in [3.8, 4) is 0 Å². The van der Waals surface area contributed by atoms with E-state index in [1.54, 1.807) is 6.20 Å². The molecule has 0 aliphatic carbocycles. The van der Waals surface area contributed by atoms with Crippen LogP contribution in [0.25, 0.3) is 0 Å². The highest BCUT2D eigenvalue weighted by atomic mass is 16.3. The second kappa shape index (κ2) is 4.88. The van der Waals surface area contributed by atoms with Crippen molar-refractivity contribution in [1.29, 1.82) is 0 Å². The molecular weight excluding hydrogens is 150 g/mol. The monoisotopic (exact) mass is 165 g/mol. The van der Waals surface area contributed by atoms with Gasteiger partial charge in [-0.1, -0.05) is 19.4 Å². The molecule has 0 spiro atoms. The number of aliphatic hydroxyl groups excluding tert-OH is 1. The Labute approximate surface area is 73.3 Å². The van der Waals surface area contributed by atoms with E-state index >= 15 is 0 Å². The molecule has 2 nitrogen and oxygen atoms in total. The Hall–Kier alpha value is -0.890. The highest BCUT2D eigenvalue weighted by Gasteiger charge is 2.03. The van der Waals surface area contributed by atoms with Gasteiger partial charge in [0.2, 0.25) is 0 Å². The number of hydrogen-bond donors (Lipinski definition) is 1. The summed E-state index contributed by atoms with van der Waals surface area (Å²) in [6, 6.07) is 5.77. The number of aromatic nitrogens is 1. The van der Waals surface area contributed by atoms with Gasteiger partial charge in [-0.05, 0) is 18.6 Å². The predicted molar refractivity (Wildman–Crippen MR) is 48.9 cm³/mol. The minimum atomic E-state index is -0.232. The molecule has 1 atom stereocenters. The average molecular weight is 165 g/mol. The van der Waals surface area contributed by atoms with Crippen LogP contribution in [0.3, 0.4) is 0 Å². The van der Waals surface area contributed by atoms with Gasteiger partial charge in [-0.15, -0.1) is 0 Å². The first-order valence-corrected chi connectivity index (χ1v) is 4.41. The second-order valence-electron chi connectivity index (χ2n) is 2.97. The summed E-state index contributed by atoms with van der Waals surface area (Å²) < 4.78 is 0. The third-order valence-corrected chi connectivity index (χ3v) is 1.79. The lowest BCUT2D eigenvalue weighted by Crippen LogP contribution is -2.10. The molecule has 12 heavy (non-hydrogen) atoms. The highest BCUT2D eigenvalue weighted by Crippen LogP contribution is 2.03. The molecule has 1 aromatic rings. The molecule has 1 rings (SSSR count). The first kappa shape index (κ1) is 9.20. The fourth-order valence-corrected chi connectivity index (χ4v) is 1.20. The summed E-state index contributed by atoms with van der Waals surface area (Å²) in [7, 11) is 0. The van der Waals surface area contributed by atoms with Crippen molar-refractivity contribution in [2.24, 2.45) is 0 Å². The number of hydrogen-bond acceptors (Lipinski definition) is 2. The standard InChI is InChI=1S/C10H15NO/c1-2-5-10(12)8-9-6-3-4-7-11-9/h3-4,6-7,10,12H,2,5,8H2,1H3. The van der Waals surface area contributed by atoms with Crippen LogP contribution in [0, 0.1) is 0 Å².